The summed E-state index contributed by atoms with van der Waals surface area (Å²) in [6.07, 6.45) is 0. The summed E-state index contributed by atoms with van der Waals surface area (Å²) in [7, 11) is 0. The van der Waals surface area contributed by atoms with Gasteiger partial charge in [0.05, 0.1) is 11.0 Å². The van der Waals surface area contributed by atoms with Gasteiger partial charge >= 0.3 is 5.69 Å². The van der Waals surface area contributed by atoms with Crippen LogP contribution in [0.15, 0.2) is 29.1 Å². The van der Waals surface area contributed by atoms with Gasteiger partial charge in [0.1, 0.15) is 6.54 Å². The summed E-state index contributed by atoms with van der Waals surface area (Å²) in [6.45, 7) is 8.08. The van der Waals surface area contributed by atoms with E-state index in [1.54, 1.807) is 9.13 Å². The zero-order valence-electron chi connectivity index (χ0n) is 14.1. The summed E-state index contributed by atoms with van der Waals surface area (Å²) in [5, 5.41) is 6.24. The molecule has 0 aliphatic carbocycles. The van der Waals surface area contributed by atoms with Gasteiger partial charge in [-0.2, -0.15) is 0 Å². The van der Waals surface area contributed by atoms with E-state index in [0.29, 0.717) is 13.1 Å². The summed E-state index contributed by atoms with van der Waals surface area (Å²) in [4.78, 5) is 27.1. The number of hydrogen-bond acceptors (Lipinski definition) is 4. The van der Waals surface area contributed by atoms with Crippen LogP contribution in [-0.2, 0) is 17.9 Å². The van der Waals surface area contributed by atoms with Crippen molar-refractivity contribution < 1.29 is 4.79 Å². The molecule has 3 rings (SSSR count). The fraction of sp³-hybridized carbons (Fsp3) is 0.529. The van der Waals surface area contributed by atoms with Gasteiger partial charge in [-0.3, -0.25) is 18.8 Å². The van der Waals surface area contributed by atoms with Gasteiger partial charge in [-0.25, -0.2) is 4.79 Å². The van der Waals surface area contributed by atoms with E-state index in [9.17, 15) is 9.59 Å². The van der Waals surface area contributed by atoms with Gasteiger partial charge in [-0.1, -0.05) is 12.1 Å². The summed E-state index contributed by atoms with van der Waals surface area (Å²) in [5.74, 6) is -0.119. The predicted octanol–water partition coefficient (Wildman–Crippen LogP) is -0.156. The lowest BCUT2D eigenvalue weighted by Gasteiger charge is -2.27. The maximum atomic E-state index is 12.5. The SMILES string of the molecule is CCn1c(=O)n(CC(=O)NCCN2CCNCC2)c2ccccc21. The number of carbonyl (C=O) groups excluding carboxylic acids is 1. The molecule has 24 heavy (non-hydrogen) atoms. The van der Waals surface area contributed by atoms with Gasteiger partial charge < -0.3 is 10.6 Å². The summed E-state index contributed by atoms with van der Waals surface area (Å²) in [6, 6.07) is 7.60. The number of aromatic nitrogens is 2. The molecule has 1 fully saturated rings. The van der Waals surface area contributed by atoms with E-state index in [2.05, 4.69) is 15.5 Å². The third-order valence-corrected chi connectivity index (χ3v) is 4.50. The van der Waals surface area contributed by atoms with E-state index >= 15 is 0 Å². The molecule has 1 amide bonds. The predicted molar refractivity (Wildman–Crippen MR) is 94.2 cm³/mol. The molecule has 0 unspecified atom stereocenters. The van der Waals surface area contributed by atoms with Crippen molar-refractivity contribution in [3.05, 3.63) is 34.7 Å². The van der Waals surface area contributed by atoms with Crippen LogP contribution in [0.25, 0.3) is 11.0 Å². The maximum Gasteiger partial charge on any atom is 0.329 e. The van der Waals surface area contributed by atoms with Crippen LogP contribution in [0.1, 0.15) is 6.92 Å². The van der Waals surface area contributed by atoms with Crippen LogP contribution >= 0.6 is 0 Å². The number of benzene rings is 1. The molecule has 0 spiro atoms. The van der Waals surface area contributed by atoms with E-state index in [1.807, 2.05) is 31.2 Å². The number of amides is 1. The Hall–Kier alpha value is -2.12. The normalized spacial score (nSPS) is 15.7. The molecule has 0 bridgehead atoms. The monoisotopic (exact) mass is 331 g/mol. The lowest BCUT2D eigenvalue weighted by molar-refractivity contribution is -0.121. The highest BCUT2D eigenvalue weighted by atomic mass is 16.2. The average molecular weight is 331 g/mol. The Labute approximate surface area is 141 Å². The third kappa shape index (κ3) is 3.52. The summed E-state index contributed by atoms with van der Waals surface area (Å²) in [5.41, 5.74) is 1.55. The molecule has 1 aromatic heterocycles. The number of fused-ring (bicyclic) bond motifs is 1. The number of imidazole rings is 1. The van der Waals surface area contributed by atoms with Gasteiger partial charge in [0.2, 0.25) is 5.91 Å². The van der Waals surface area contributed by atoms with Crippen molar-refractivity contribution in [3.63, 3.8) is 0 Å². The number of nitrogens with one attached hydrogen (secondary N) is 2. The van der Waals surface area contributed by atoms with Crippen molar-refractivity contribution in [2.75, 3.05) is 39.3 Å². The highest BCUT2D eigenvalue weighted by molar-refractivity contribution is 5.80. The van der Waals surface area contributed by atoms with Crippen LogP contribution in [0.2, 0.25) is 0 Å². The Kier molecular flexibility index (Phi) is 5.32. The second-order valence-electron chi connectivity index (χ2n) is 6.04. The number of para-hydroxylation sites is 2. The number of nitrogens with zero attached hydrogens (tertiary/aromatic N) is 3. The van der Waals surface area contributed by atoms with Crippen molar-refractivity contribution in [1.82, 2.24) is 24.7 Å². The fourth-order valence-corrected chi connectivity index (χ4v) is 3.22. The lowest BCUT2D eigenvalue weighted by atomic mass is 10.3. The van der Waals surface area contributed by atoms with E-state index < -0.39 is 0 Å². The van der Waals surface area contributed by atoms with E-state index in [1.165, 1.54) is 0 Å². The Balaban J connectivity index is 1.63. The molecule has 2 heterocycles. The maximum absolute atomic E-state index is 12.5. The second-order valence-corrected chi connectivity index (χ2v) is 6.04. The molecule has 1 aromatic carbocycles. The van der Waals surface area contributed by atoms with E-state index in [-0.39, 0.29) is 18.1 Å². The zero-order valence-corrected chi connectivity index (χ0v) is 14.1. The highest BCUT2D eigenvalue weighted by Gasteiger charge is 2.14. The smallest absolute Gasteiger partial charge is 0.329 e. The first kappa shape index (κ1) is 16.7. The molecule has 1 aliphatic rings. The van der Waals surface area contributed by atoms with Crippen LogP contribution in [0.3, 0.4) is 0 Å². The largest absolute Gasteiger partial charge is 0.353 e. The molecule has 1 saturated heterocycles. The number of rotatable bonds is 6. The Bertz CT molecular complexity index is 758. The minimum absolute atomic E-state index is 0.0634. The Morgan fingerprint density at radius 2 is 1.83 bits per heavy atom. The van der Waals surface area contributed by atoms with Crippen molar-refractivity contribution in [2.45, 2.75) is 20.0 Å². The summed E-state index contributed by atoms with van der Waals surface area (Å²) >= 11 is 0. The average Bonchev–Trinajstić information content (AvgIpc) is 2.87. The van der Waals surface area contributed by atoms with Crippen LogP contribution in [0, 0.1) is 0 Å². The second kappa shape index (κ2) is 7.63. The third-order valence-electron chi connectivity index (χ3n) is 4.50. The first-order valence-corrected chi connectivity index (χ1v) is 8.58. The fourth-order valence-electron chi connectivity index (χ4n) is 3.22. The van der Waals surface area contributed by atoms with Gasteiger partial charge in [0, 0.05) is 45.8 Å². The summed E-state index contributed by atoms with van der Waals surface area (Å²) < 4.78 is 3.25. The number of carbonyl (C=O) groups is 1. The zero-order chi connectivity index (χ0) is 16.9. The first-order valence-electron chi connectivity index (χ1n) is 8.58. The molecule has 130 valence electrons. The van der Waals surface area contributed by atoms with Crippen LogP contribution in [-0.4, -0.2) is 59.2 Å². The lowest BCUT2D eigenvalue weighted by Crippen LogP contribution is -2.46. The van der Waals surface area contributed by atoms with E-state index in [4.69, 9.17) is 0 Å². The minimum Gasteiger partial charge on any atom is -0.353 e. The van der Waals surface area contributed by atoms with Crippen molar-refractivity contribution in [2.24, 2.45) is 0 Å². The van der Waals surface area contributed by atoms with Gasteiger partial charge in [-0.05, 0) is 19.1 Å². The highest BCUT2D eigenvalue weighted by Crippen LogP contribution is 2.12. The van der Waals surface area contributed by atoms with Gasteiger partial charge in [0.15, 0.2) is 0 Å². The molecule has 0 radical (unpaired) electrons. The van der Waals surface area contributed by atoms with Crippen molar-refractivity contribution in [3.8, 4) is 0 Å². The molecule has 7 heteroatoms. The number of aryl methyl sites for hydroxylation is 1. The molecule has 0 atom stereocenters. The van der Waals surface area contributed by atoms with Crippen LogP contribution in [0.4, 0.5) is 0 Å². The molecule has 2 N–H and O–H groups in total. The quantitative estimate of drug-likeness (QED) is 0.772. The van der Waals surface area contributed by atoms with Crippen molar-refractivity contribution >= 4 is 16.9 Å². The van der Waals surface area contributed by atoms with Crippen molar-refractivity contribution in [1.29, 1.82) is 0 Å². The topological polar surface area (TPSA) is 71.3 Å². The minimum atomic E-state index is -0.129. The van der Waals surface area contributed by atoms with Crippen LogP contribution in [0.5, 0.6) is 0 Å². The molecule has 1 aliphatic heterocycles. The van der Waals surface area contributed by atoms with Crippen LogP contribution < -0.4 is 16.3 Å². The molecule has 7 nitrogen and oxygen atoms in total. The molecular formula is C17H25N5O2. The molecule has 2 aromatic rings. The van der Waals surface area contributed by atoms with Gasteiger partial charge in [-0.15, -0.1) is 0 Å². The standard InChI is InChI=1S/C17H25N5O2/c1-2-21-14-5-3-4-6-15(14)22(17(21)24)13-16(23)19-9-12-20-10-7-18-8-11-20/h3-6,18H,2,7-13H2,1H3,(H,19,23). The number of piperazine rings is 1. The molecule has 0 saturated carbocycles. The van der Waals surface area contributed by atoms with E-state index in [0.717, 1.165) is 43.8 Å². The molecular weight excluding hydrogens is 306 g/mol. The Morgan fingerprint density at radius 3 is 2.50 bits per heavy atom. The van der Waals surface area contributed by atoms with Gasteiger partial charge in [0.25, 0.3) is 0 Å². The number of hydrogen-bond donors (Lipinski definition) is 2. The first-order chi connectivity index (χ1) is 11.7. The Morgan fingerprint density at radius 1 is 1.17 bits per heavy atom.